The second-order valence-electron chi connectivity index (χ2n) is 7.49. The number of nitrogens with one attached hydrogen (secondary N) is 1. The molecular formula is C20H21ClFN3O5S. The number of thiophene rings is 1. The Morgan fingerprint density at radius 3 is 2.87 bits per heavy atom. The average molecular weight is 470 g/mol. The summed E-state index contributed by atoms with van der Waals surface area (Å²) in [7, 11) is 0. The summed E-state index contributed by atoms with van der Waals surface area (Å²) in [5, 5.41) is 2.71. The van der Waals surface area contributed by atoms with E-state index in [1.54, 1.807) is 25.1 Å². The summed E-state index contributed by atoms with van der Waals surface area (Å²) in [5.41, 5.74) is 0.380. The number of hydrogen-bond donors (Lipinski definition) is 1. The van der Waals surface area contributed by atoms with Gasteiger partial charge in [0.05, 0.1) is 35.0 Å². The Kier molecular flexibility index (Phi) is 6.31. The van der Waals surface area contributed by atoms with E-state index >= 15 is 0 Å². The monoisotopic (exact) mass is 469 g/mol. The Balaban J connectivity index is 1.38. The molecule has 1 aromatic rings. The molecule has 3 heterocycles. The summed E-state index contributed by atoms with van der Waals surface area (Å²) in [4.78, 5) is 39.9. The fourth-order valence-corrected chi connectivity index (χ4v) is 4.84. The molecule has 166 valence electrons. The molecular weight excluding hydrogens is 449 g/mol. The molecule has 3 amide bonds. The maximum atomic E-state index is 15.0. The molecule has 0 bridgehead atoms. The minimum Gasteiger partial charge on any atom is -0.442 e. The van der Waals surface area contributed by atoms with E-state index in [9.17, 15) is 18.8 Å². The molecule has 3 atom stereocenters. The van der Waals surface area contributed by atoms with E-state index in [-0.39, 0.29) is 37.4 Å². The van der Waals surface area contributed by atoms with Gasteiger partial charge >= 0.3 is 6.09 Å². The normalized spacial score (nSPS) is 26.5. The predicted molar refractivity (Wildman–Crippen MR) is 111 cm³/mol. The molecule has 3 aliphatic rings. The Labute approximate surface area is 187 Å². The minimum atomic E-state index is -0.716. The van der Waals surface area contributed by atoms with Gasteiger partial charge in [-0.3, -0.25) is 14.5 Å². The van der Waals surface area contributed by atoms with Crippen molar-refractivity contribution in [1.29, 1.82) is 0 Å². The maximum Gasteiger partial charge on any atom is 0.414 e. The molecule has 0 aromatic carbocycles. The molecule has 0 radical (unpaired) electrons. The molecule has 2 fully saturated rings. The Morgan fingerprint density at radius 2 is 2.19 bits per heavy atom. The number of amides is 3. The topological polar surface area (TPSA) is 88.2 Å². The highest BCUT2D eigenvalue weighted by molar-refractivity contribution is 7.17. The third-order valence-corrected chi connectivity index (χ3v) is 6.56. The van der Waals surface area contributed by atoms with E-state index in [4.69, 9.17) is 21.1 Å². The highest BCUT2D eigenvalue weighted by Crippen LogP contribution is 2.32. The SMILES string of the molecule is CC1C=C(N2C[C@H](CNC(=O)c3ccc(Cl)s3)OC2=O)C=C(F)C1N1CCOCC1=O. The van der Waals surface area contributed by atoms with Crippen LogP contribution in [0.2, 0.25) is 4.34 Å². The van der Waals surface area contributed by atoms with Gasteiger partial charge in [-0.2, -0.15) is 0 Å². The van der Waals surface area contributed by atoms with Gasteiger partial charge in [-0.05, 0) is 18.2 Å². The lowest BCUT2D eigenvalue weighted by Crippen LogP contribution is -2.51. The first-order chi connectivity index (χ1) is 14.8. The van der Waals surface area contributed by atoms with Crippen molar-refractivity contribution >= 4 is 40.8 Å². The molecule has 11 heteroatoms. The second-order valence-corrected chi connectivity index (χ2v) is 9.21. The number of carbonyl (C=O) groups excluding carboxylic acids is 3. The van der Waals surface area contributed by atoms with Crippen molar-refractivity contribution in [2.75, 3.05) is 32.8 Å². The summed E-state index contributed by atoms with van der Waals surface area (Å²) < 4.78 is 25.9. The summed E-state index contributed by atoms with van der Waals surface area (Å²) in [5.74, 6) is -1.38. The van der Waals surface area contributed by atoms with Crippen molar-refractivity contribution in [3.05, 3.63) is 45.0 Å². The molecule has 1 N–H and O–H groups in total. The third-order valence-electron chi connectivity index (χ3n) is 5.33. The van der Waals surface area contributed by atoms with Crippen LogP contribution in [0.5, 0.6) is 0 Å². The van der Waals surface area contributed by atoms with Crippen LogP contribution in [-0.2, 0) is 14.3 Å². The summed E-state index contributed by atoms with van der Waals surface area (Å²) in [6.07, 6.45) is 1.84. The molecule has 8 nitrogen and oxygen atoms in total. The van der Waals surface area contributed by atoms with E-state index in [1.807, 2.05) is 0 Å². The van der Waals surface area contributed by atoms with E-state index < -0.39 is 24.1 Å². The molecule has 0 saturated carbocycles. The zero-order valence-electron chi connectivity index (χ0n) is 16.7. The fourth-order valence-electron chi connectivity index (χ4n) is 3.88. The van der Waals surface area contributed by atoms with Crippen LogP contribution in [0.3, 0.4) is 0 Å². The fraction of sp³-hybridized carbons (Fsp3) is 0.450. The first-order valence-corrected chi connectivity index (χ1v) is 11.0. The van der Waals surface area contributed by atoms with Crippen LogP contribution in [0.4, 0.5) is 9.18 Å². The van der Waals surface area contributed by atoms with Gasteiger partial charge in [0.25, 0.3) is 5.91 Å². The van der Waals surface area contributed by atoms with Gasteiger partial charge in [0.15, 0.2) is 0 Å². The first kappa shape index (κ1) is 21.8. The average Bonchev–Trinajstić information content (AvgIpc) is 3.32. The van der Waals surface area contributed by atoms with Crippen LogP contribution in [0, 0.1) is 5.92 Å². The summed E-state index contributed by atoms with van der Waals surface area (Å²) >= 11 is 7.00. The summed E-state index contributed by atoms with van der Waals surface area (Å²) in [6, 6.07) is 2.53. The molecule has 0 spiro atoms. The van der Waals surface area contributed by atoms with Gasteiger partial charge in [0.1, 0.15) is 18.5 Å². The van der Waals surface area contributed by atoms with Crippen molar-refractivity contribution in [3.63, 3.8) is 0 Å². The molecule has 1 aromatic heterocycles. The molecule has 4 rings (SSSR count). The number of cyclic esters (lactones) is 1. The minimum absolute atomic E-state index is 0.0589. The smallest absolute Gasteiger partial charge is 0.414 e. The second kappa shape index (κ2) is 8.97. The number of hydrogen-bond acceptors (Lipinski definition) is 6. The van der Waals surface area contributed by atoms with E-state index in [0.29, 0.717) is 28.1 Å². The van der Waals surface area contributed by atoms with Gasteiger partial charge in [0, 0.05) is 18.2 Å². The molecule has 2 unspecified atom stereocenters. The largest absolute Gasteiger partial charge is 0.442 e. The van der Waals surface area contributed by atoms with E-state index in [0.717, 1.165) is 11.3 Å². The maximum absolute atomic E-state index is 15.0. The van der Waals surface area contributed by atoms with Crippen molar-refractivity contribution in [2.45, 2.75) is 19.1 Å². The number of allylic oxidation sites excluding steroid dienone is 1. The van der Waals surface area contributed by atoms with Crippen LogP contribution < -0.4 is 5.32 Å². The van der Waals surface area contributed by atoms with Crippen LogP contribution in [-0.4, -0.2) is 72.7 Å². The van der Waals surface area contributed by atoms with Gasteiger partial charge < -0.3 is 19.7 Å². The standard InChI is InChI=1S/C20H21ClFN3O5S/c1-11-6-12(7-14(22)18(11)24-4-5-29-10-17(24)26)25-9-13(30-20(25)28)8-23-19(27)15-2-3-16(21)31-15/h2-3,6-7,11,13,18H,4-5,8-10H2,1H3,(H,23,27)/t11?,13-,18?/m0/s1. The highest BCUT2D eigenvalue weighted by atomic mass is 35.5. The molecule has 2 aliphatic heterocycles. The molecule has 2 saturated heterocycles. The van der Waals surface area contributed by atoms with E-state index in [1.165, 1.54) is 15.9 Å². The predicted octanol–water partition coefficient (Wildman–Crippen LogP) is 2.57. The first-order valence-electron chi connectivity index (χ1n) is 9.81. The van der Waals surface area contributed by atoms with Crippen molar-refractivity contribution in [3.8, 4) is 0 Å². The Morgan fingerprint density at radius 1 is 1.39 bits per heavy atom. The van der Waals surface area contributed by atoms with Crippen molar-refractivity contribution in [1.82, 2.24) is 15.1 Å². The quantitative estimate of drug-likeness (QED) is 0.716. The number of rotatable bonds is 5. The van der Waals surface area contributed by atoms with Crippen LogP contribution in [0.25, 0.3) is 0 Å². The molecule has 31 heavy (non-hydrogen) atoms. The van der Waals surface area contributed by atoms with Crippen LogP contribution in [0.1, 0.15) is 16.6 Å². The number of nitrogens with zero attached hydrogens (tertiary/aromatic N) is 2. The van der Waals surface area contributed by atoms with Gasteiger partial charge in [-0.15, -0.1) is 11.3 Å². The van der Waals surface area contributed by atoms with Gasteiger partial charge in [0.2, 0.25) is 5.91 Å². The lowest BCUT2D eigenvalue weighted by molar-refractivity contribution is -0.146. The Hall–Kier alpha value is -2.43. The van der Waals surface area contributed by atoms with Crippen molar-refractivity contribution < 1.29 is 28.2 Å². The number of morpholine rings is 1. The third kappa shape index (κ3) is 4.60. The zero-order valence-corrected chi connectivity index (χ0v) is 18.2. The lowest BCUT2D eigenvalue weighted by atomic mass is 9.92. The number of carbonyl (C=O) groups is 3. The van der Waals surface area contributed by atoms with Gasteiger partial charge in [-0.25, -0.2) is 9.18 Å². The summed E-state index contributed by atoms with van der Waals surface area (Å²) in [6.45, 7) is 2.72. The van der Waals surface area contributed by atoms with Crippen LogP contribution in [0.15, 0.2) is 35.8 Å². The molecule has 1 aliphatic carbocycles. The van der Waals surface area contributed by atoms with Gasteiger partial charge in [-0.1, -0.05) is 24.6 Å². The van der Waals surface area contributed by atoms with Crippen LogP contribution >= 0.6 is 22.9 Å². The zero-order chi connectivity index (χ0) is 22.1. The number of ether oxygens (including phenoxy) is 2. The lowest BCUT2D eigenvalue weighted by Gasteiger charge is -2.38. The van der Waals surface area contributed by atoms with E-state index in [2.05, 4.69) is 5.32 Å². The number of halogens is 2. The highest BCUT2D eigenvalue weighted by Gasteiger charge is 2.39. The van der Waals surface area contributed by atoms with Crippen molar-refractivity contribution in [2.24, 2.45) is 5.92 Å². The Bertz CT molecular complexity index is 964.